The standard InChI is InChI=1S/C31H30F6N2O3/c1-41-26-10-6-5-7-20(26)17-38-28(40)24-16-29(21-8-3-2-4-9-21)27(12-11-25(24)39-29)42-18-19-13-22(30(32,33)34)15-23(14-19)31(35,36)37/h2-10,13-15,24-25,27,39H,11-12,16-18H2,1H3,(H,38,40). The number of methoxy groups -OCH3 is 1. The van der Waals surface area contributed by atoms with Crippen LogP contribution in [0.15, 0.2) is 72.8 Å². The summed E-state index contributed by atoms with van der Waals surface area (Å²) in [5.74, 6) is 0.0574. The molecule has 0 saturated carbocycles. The van der Waals surface area contributed by atoms with Crippen LogP contribution in [-0.4, -0.2) is 25.2 Å². The van der Waals surface area contributed by atoms with Crippen LogP contribution in [0.5, 0.6) is 5.75 Å². The zero-order valence-corrected chi connectivity index (χ0v) is 22.7. The number of nitrogens with one attached hydrogen (secondary N) is 2. The number of rotatable bonds is 8. The zero-order valence-electron chi connectivity index (χ0n) is 22.7. The number of carbonyl (C=O) groups excluding carboxylic acids is 1. The summed E-state index contributed by atoms with van der Waals surface area (Å²) in [6.07, 6.45) is -9.14. The summed E-state index contributed by atoms with van der Waals surface area (Å²) in [6, 6.07) is 17.9. The second-order valence-corrected chi connectivity index (χ2v) is 10.7. The number of para-hydroxylation sites is 1. The summed E-state index contributed by atoms with van der Waals surface area (Å²) in [7, 11) is 1.55. The Morgan fingerprint density at radius 2 is 1.57 bits per heavy atom. The number of halogens is 6. The van der Waals surface area contributed by atoms with E-state index in [0.717, 1.165) is 11.1 Å². The molecule has 4 unspecified atom stereocenters. The van der Waals surface area contributed by atoms with E-state index < -0.39 is 47.6 Å². The van der Waals surface area contributed by atoms with E-state index in [-0.39, 0.29) is 30.1 Å². The number of amides is 1. The lowest BCUT2D eigenvalue weighted by molar-refractivity contribution is -0.143. The largest absolute Gasteiger partial charge is 0.496 e. The molecule has 42 heavy (non-hydrogen) atoms. The topological polar surface area (TPSA) is 59.6 Å². The predicted molar refractivity (Wildman–Crippen MR) is 142 cm³/mol. The highest BCUT2D eigenvalue weighted by atomic mass is 19.4. The summed E-state index contributed by atoms with van der Waals surface area (Å²) < 4.78 is 91.9. The second kappa shape index (κ2) is 11.6. The van der Waals surface area contributed by atoms with Crippen LogP contribution >= 0.6 is 0 Å². The molecular formula is C31H30F6N2O3. The number of hydrogen-bond donors (Lipinski definition) is 2. The first kappa shape index (κ1) is 29.9. The Morgan fingerprint density at radius 3 is 2.21 bits per heavy atom. The molecule has 2 aliphatic rings. The third-order valence-corrected chi connectivity index (χ3v) is 8.13. The van der Waals surface area contributed by atoms with Crippen LogP contribution in [0.2, 0.25) is 0 Å². The van der Waals surface area contributed by atoms with Gasteiger partial charge in [-0.1, -0.05) is 48.5 Å². The maximum atomic E-state index is 13.4. The van der Waals surface area contributed by atoms with Crippen molar-refractivity contribution in [2.45, 2.75) is 62.5 Å². The number of benzene rings is 3. The number of carbonyl (C=O) groups is 1. The molecule has 2 bridgehead atoms. The Bertz CT molecular complexity index is 1380. The Morgan fingerprint density at radius 1 is 0.929 bits per heavy atom. The Balaban J connectivity index is 1.38. The van der Waals surface area contributed by atoms with Gasteiger partial charge in [0.1, 0.15) is 5.75 Å². The zero-order chi connectivity index (χ0) is 30.1. The van der Waals surface area contributed by atoms with Gasteiger partial charge in [0.25, 0.3) is 0 Å². The van der Waals surface area contributed by atoms with Gasteiger partial charge in [-0.25, -0.2) is 0 Å². The van der Waals surface area contributed by atoms with E-state index in [2.05, 4.69) is 10.6 Å². The summed E-state index contributed by atoms with van der Waals surface area (Å²) in [5.41, 5.74) is -2.20. The fraction of sp³-hybridized carbons (Fsp3) is 0.387. The molecule has 5 nitrogen and oxygen atoms in total. The van der Waals surface area contributed by atoms with Gasteiger partial charge in [-0.2, -0.15) is 26.3 Å². The van der Waals surface area contributed by atoms with Crippen molar-refractivity contribution in [3.8, 4) is 5.75 Å². The van der Waals surface area contributed by atoms with Gasteiger partial charge in [-0.15, -0.1) is 0 Å². The first-order chi connectivity index (χ1) is 19.9. The number of alkyl halides is 6. The van der Waals surface area contributed by atoms with Gasteiger partial charge in [-0.3, -0.25) is 4.79 Å². The van der Waals surface area contributed by atoms with Gasteiger partial charge < -0.3 is 20.1 Å². The van der Waals surface area contributed by atoms with E-state index in [1.807, 2.05) is 48.5 Å². The molecule has 2 fully saturated rings. The molecule has 1 amide bonds. The van der Waals surface area contributed by atoms with Gasteiger partial charge >= 0.3 is 12.4 Å². The summed E-state index contributed by atoms with van der Waals surface area (Å²) in [6.45, 7) is -0.190. The van der Waals surface area contributed by atoms with Crippen LogP contribution in [0.1, 0.15) is 47.1 Å². The highest BCUT2D eigenvalue weighted by Crippen LogP contribution is 2.48. The van der Waals surface area contributed by atoms with Crippen LogP contribution in [-0.2, 0) is 40.6 Å². The SMILES string of the molecule is COc1ccccc1CNC(=O)C1CC2(c3ccccc3)NC1CCC2OCc1cc(C(F)(F)F)cc(C(F)(F)F)c1. The molecule has 0 aromatic heterocycles. The highest BCUT2D eigenvalue weighted by Gasteiger charge is 2.56. The number of hydrogen-bond acceptors (Lipinski definition) is 4. The molecular weight excluding hydrogens is 562 g/mol. The van der Waals surface area contributed by atoms with Crippen molar-refractivity contribution in [2.75, 3.05) is 7.11 Å². The highest BCUT2D eigenvalue weighted by molar-refractivity contribution is 5.80. The minimum atomic E-state index is -4.95. The fourth-order valence-electron chi connectivity index (χ4n) is 6.14. The van der Waals surface area contributed by atoms with Crippen LogP contribution in [0.25, 0.3) is 0 Å². The maximum absolute atomic E-state index is 13.4. The summed E-state index contributed by atoms with van der Waals surface area (Å²) in [4.78, 5) is 13.4. The van der Waals surface area contributed by atoms with Crippen molar-refractivity contribution in [1.82, 2.24) is 10.6 Å². The van der Waals surface area contributed by atoms with Gasteiger partial charge in [0.15, 0.2) is 0 Å². The third kappa shape index (κ3) is 6.12. The summed E-state index contributed by atoms with van der Waals surface area (Å²) in [5, 5.41) is 6.56. The molecule has 11 heteroatoms. The van der Waals surface area contributed by atoms with Gasteiger partial charge in [-0.05, 0) is 54.7 Å². The molecule has 224 valence electrons. The van der Waals surface area contributed by atoms with Crippen molar-refractivity contribution in [1.29, 1.82) is 0 Å². The number of ether oxygens (including phenoxy) is 2. The molecule has 3 aromatic carbocycles. The maximum Gasteiger partial charge on any atom is 0.416 e. The van der Waals surface area contributed by atoms with E-state index in [1.54, 1.807) is 13.2 Å². The van der Waals surface area contributed by atoms with Gasteiger partial charge in [0.2, 0.25) is 5.91 Å². The average Bonchev–Trinajstić information content (AvgIpc) is 3.29. The quantitative estimate of drug-likeness (QED) is 0.290. The molecule has 0 aliphatic carbocycles. The smallest absolute Gasteiger partial charge is 0.416 e. The fourth-order valence-corrected chi connectivity index (χ4v) is 6.14. The molecule has 2 heterocycles. The lowest BCUT2D eigenvalue weighted by atomic mass is 9.80. The van der Waals surface area contributed by atoms with Crippen molar-refractivity contribution >= 4 is 5.91 Å². The predicted octanol–water partition coefficient (Wildman–Crippen LogP) is 6.60. The second-order valence-electron chi connectivity index (χ2n) is 10.7. The molecule has 4 atom stereocenters. The van der Waals surface area contributed by atoms with Crippen LogP contribution in [0, 0.1) is 5.92 Å². The Labute approximate surface area is 239 Å². The molecule has 2 saturated heterocycles. The lowest BCUT2D eigenvalue weighted by Crippen LogP contribution is -2.54. The van der Waals surface area contributed by atoms with Gasteiger partial charge in [0.05, 0.1) is 42.4 Å². The van der Waals surface area contributed by atoms with E-state index >= 15 is 0 Å². The Kier molecular flexibility index (Phi) is 8.26. The van der Waals surface area contributed by atoms with E-state index in [9.17, 15) is 31.1 Å². The minimum Gasteiger partial charge on any atom is -0.496 e. The first-order valence-corrected chi connectivity index (χ1v) is 13.5. The van der Waals surface area contributed by atoms with E-state index in [1.165, 1.54) is 0 Å². The molecule has 0 radical (unpaired) electrons. The van der Waals surface area contributed by atoms with Gasteiger partial charge in [0, 0.05) is 18.2 Å². The van der Waals surface area contributed by atoms with E-state index in [4.69, 9.17) is 9.47 Å². The van der Waals surface area contributed by atoms with Crippen LogP contribution in [0.3, 0.4) is 0 Å². The first-order valence-electron chi connectivity index (χ1n) is 13.5. The molecule has 0 spiro atoms. The minimum absolute atomic E-state index is 0.104. The van der Waals surface area contributed by atoms with Crippen molar-refractivity contribution in [2.24, 2.45) is 5.92 Å². The average molecular weight is 593 g/mol. The molecule has 3 aromatic rings. The Hall–Kier alpha value is -3.57. The van der Waals surface area contributed by atoms with Crippen molar-refractivity contribution in [3.05, 3.63) is 101 Å². The van der Waals surface area contributed by atoms with Crippen LogP contribution < -0.4 is 15.4 Å². The molecule has 2 N–H and O–H groups in total. The van der Waals surface area contributed by atoms with E-state index in [0.29, 0.717) is 37.1 Å². The number of fused-ring (bicyclic) bond motifs is 2. The van der Waals surface area contributed by atoms with Crippen molar-refractivity contribution in [3.63, 3.8) is 0 Å². The molecule has 5 rings (SSSR count). The van der Waals surface area contributed by atoms with Crippen LogP contribution in [0.4, 0.5) is 26.3 Å². The molecule has 2 aliphatic heterocycles. The number of piperidine rings is 1. The monoisotopic (exact) mass is 592 g/mol. The third-order valence-electron chi connectivity index (χ3n) is 8.13. The lowest BCUT2D eigenvalue weighted by Gasteiger charge is -2.42. The summed E-state index contributed by atoms with van der Waals surface area (Å²) >= 11 is 0. The normalized spacial score (nSPS) is 23.9. The van der Waals surface area contributed by atoms with Crippen molar-refractivity contribution < 1.29 is 40.6 Å².